The van der Waals surface area contributed by atoms with Crippen LogP contribution < -0.4 is 10.6 Å². The molecular formula is C15H17FN2O2. The molecule has 2 rings (SSSR count). The Morgan fingerprint density at radius 3 is 2.55 bits per heavy atom. The Kier molecular flexibility index (Phi) is 4.53. The number of carbonyl (C=O) groups excluding carboxylic acids is 1. The van der Waals surface area contributed by atoms with Crippen molar-refractivity contribution in [1.29, 1.82) is 0 Å². The highest BCUT2D eigenvalue weighted by Gasteiger charge is 2.10. The van der Waals surface area contributed by atoms with Crippen molar-refractivity contribution in [2.45, 2.75) is 19.9 Å². The van der Waals surface area contributed by atoms with Crippen molar-refractivity contribution < 1.29 is 13.6 Å². The molecular weight excluding hydrogens is 259 g/mol. The number of amides is 1. The molecule has 1 amide bonds. The lowest BCUT2D eigenvalue weighted by atomic mass is 10.2. The van der Waals surface area contributed by atoms with Gasteiger partial charge in [0, 0.05) is 5.69 Å². The van der Waals surface area contributed by atoms with Gasteiger partial charge in [0.25, 0.3) is 0 Å². The van der Waals surface area contributed by atoms with Crippen molar-refractivity contribution in [2.24, 2.45) is 0 Å². The first kappa shape index (κ1) is 14.3. The fraction of sp³-hybridized carbons (Fsp3) is 0.267. The van der Waals surface area contributed by atoms with Crippen molar-refractivity contribution >= 4 is 11.6 Å². The van der Waals surface area contributed by atoms with E-state index >= 15 is 0 Å². The van der Waals surface area contributed by atoms with Gasteiger partial charge in [-0.25, -0.2) is 4.39 Å². The van der Waals surface area contributed by atoms with Crippen molar-refractivity contribution in [1.82, 2.24) is 5.32 Å². The lowest BCUT2D eigenvalue weighted by Gasteiger charge is -2.11. The zero-order chi connectivity index (χ0) is 14.5. The largest absolute Gasteiger partial charge is 0.465 e. The molecule has 0 aliphatic rings. The molecule has 0 radical (unpaired) electrons. The molecule has 1 aromatic heterocycles. The quantitative estimate of drug-likeness (QED) is 0.882. The predicted molar refractivity (Wildman–Crippen MR) is 74.9 cm³/mol. The van der Waals surface area contributed by atoms with E-state index < -0.39 is 0 Å². The second-order valence-corrected chi connectivity index (χ2v) is 4.61. The molecule has 1 heterocycles. The van der Waals surface area contributed by atoms with E-state index in [1.807, 2.05) is 26.0 Å². The summed E-state index contributed by atoms with van der Waals surface area (Å²) in [6.07, 6.45) is 0. The Hall–Kier alpha value is -2.14. The van der Waals surface area contributed by atoms with E-state index in [1.165, 1.54) is 24.3 Å². The summed E-state index contributed by atoms with van der Waals surface area (Å²) in [4.78, 5) is 11.7. The maximum atomic E-state index is 12.7. The van der Waals surface area contributed by atoms with Crippen LogP contribution in [0.5, 0.6) is 0 Å². The zero-order valence-electron chi connectivity index (χ0n) is 11.4. The number of hydrogen-bond acceptors (Lipinski definition) is 3. The van der Waals surface area contributed by atoms with E-state index in [1.54, 1.807) is 0 Å². The van der Waals surface area contributed by atoms with Crippen molar-refractivity contribution in [3.8, 4) is 0 Å². The average Bonchev–Trinajstić information content (AvgIpc) is 2.85. The molecule has 2 aromatic rings. The summed E-state index contributed by atoms with van der Waals surface area (Å²) in [5, 5.41) is 5.75. The Bertz CT molecular complexity index is 578. The highest BCUT2D eigenvalue weighted by molar-refractivity contribution is 5.92. The number of halogens is 1. The number of rotatable bonds is 5. The van der Waals surface area contributed by atoms with Crippen LogP contribution in [0.2, 0.25) is 0 Å². The second kappa shape index (κ2) is 6.34. The van der Waals surface area contributed by atoms with Crippen molar-refractivity contribution in [3.05, 3.63) is 53.7 Å². The topological polar surface area (TPSA) is 54.3 Å². The molecule has 20 heavy (non-hydrogen) atoms. The molecule has 2 N–H and O–H groups in total. The van der Waals surface area contributed by atoms with E-state index in [0.717, 1.165) is 11.5 Å². The first-order valence-corrected chi connectivity index (χ1v) is 6.40. The van der Waals surface area contributed by atoms with Crippen LogP contribution >= 0.6 is 0 Å². The van der Waals surface area contributed by atoms with Gasteiger partial charge in [-0.3, -0.25) is 10.1 Å². The van der Waals surface area contributed by atoms with Crippen molar-refractivity contribution in [2.75, 3.05) is 11.9 Å². The van der Waals surface area contributed by atoms with Gasteiger partial charge in [0.1, 0.15) is 17.3 Å². The highest BCUT2D eigenvalue weighted by Crippen LogP contribution is 2.15. The number of carbonyl (C=O) groups is 1. The smallest absolute Gasteiger partial charge is 0.238 e. The summed E-state index contributed by atoms with van der Waals surface area (Å²) in [6, 6.07) is 9.35. The molecule has 4 nitrogen and oxygen atoms in total. The maximum absolute atomic E-state index is 12.7. The molecule has 0 saturated carbocycles. The molecule has 106 valence electrons. The van der Waals surface area contributed by atoms with Gasteiger partial charge in [0.05, 0.1) is 12.6 Å². The number of anilines is 1. The Balaban J connectivity index is 1.81. The molecule has 0 bridgehead atoms. The summed E-state index contributed by atoms with van der Waals surface area (Å²) in [7, 11) is 0. The van der Waals surface area contributed by atoms with E-state index in [2.05, 4.69) is 10.6 Å². The standard InChI is InChI=1S/C15H17FN2O2/c1-10-3-8-14(20-10)11(2)17-9-15(19)18-13-6-4-12(16)5-7-13/h3-8,11,17H,9H2,1-2H3,(H,18,19). The molecule has 0 saturated heterocycles. The summed E-state index contributed by atoms with van der Waals surface area (Å²) < 4.78 is 18.2. The van der Waals surface area contributed by atoms with Gasteiger partial charge >= 0.3 is 0 Å². The summed E-state index contributed by atoms with van der Waals surface area (Å²) >= 11 is 0. The van der Waals surface area contributed by atoms with Gasteiger partial charge in [0.15, 0.2) is 0 Å². The van der Waals surface area contributed by atoms with Crippen LogP contribution in [0.4, 0.5) is 10.1 Å². The van der Waals surface area contributed by atoms with Crippen LogP contribution in [0.3, 0.4) is 0 Å². The van der Waals surface area contributed by atoms with Crippen molar-refractivity contribution in [3.63, 3.8) is 0 Å². The van der Waals surface area contributed by atoms with Gasteiger partial charge in [-0.1, -0.05) is 0 Å². The van der Waals surface area contributed by atoms with Crippen LogP contribution in [-0.2, 0) is 4.79 Å². The zero-order valence-corrected chi connectivity index (χ0v) is 11.4. The minimum atomic E-state index is -0.331. The first-order valence-electron chi connectivity index (χ1n) is 6.40. The van der Waals surface area contributed by atoms with Crippen LogP contribution in [0.25, 0.3) is 0 Å². The monoisotopic (exact) mass is 276 g/mol. The molecule has 0 spiro atoms. The number of furan rings is 1. The summed E-state index contributed by atoms with van der Waals surface area (Å²) in [6.45, 7) is 3.94. The number of nitrogens with one attached hydrogen (secondary N) is 2. The third kappa shape index (κ3) is 3.93. The first-order chi connectivity index (χ1) is 9.54. The molecule has 1 atom stereocenters. The van der Waals surface area contributed by atoms with Crippen LogP contribution in [0.1, 0.15) is 24.5 Å². The SMILES string of the molecule is Cc1ccc(C(C)NCC(=O)Nc2ccc(F)cc2)o1. The minimum absolute atomic E-state index is 0.0531. The predicted octanol–water partition coefficient (Wildman–Crippen LogP) is 3.02. The van der Waals surface area contributed by atoms with Gasteiger partial charge in [-0.2, -0.15) is 0 Å². The summed E-state index contributed by atoms with van der Waals surface area (Å²) in [5.41, 5.74) is 0.569. The Morgan fingerprint density at radius 1 is 1.25 bits per heavy atom. The molecule has 0 aliphatic carbocycles. The Morgan fingerprint density at radius 2 is 1.95 bits per heavy atom. The van der Waals surface area contributed by atoms with Gasteiger partial charge in [-0.05, 0) is 50.2 Å². The molecule has 0 aliphatic heterocycles. The van der Waals surface area contributed by atoms with E-state index in [4.69, 9.17) is 4.42 Å². The molecule has 5 heteroatoms. The maximum Gasteiger partial charge on any atom is 0.238 e. The summed E-state index contributed by atoms with van der Waals surface area (Å²) in [5.74, 6) is 1.11. The third-order valence-electron chi connectivity index (χ3n) is 2.88. The average molecular weight is 276 g/mol. The fourth-order valence-electron chi connectivity index (χ4n) is 1.77. The van der Waals surface area contributed by atoms with Gasteiger partial charge in [0.2, 0.25) is 5.91 Å². The van der Waals surface area contributed by atoms with Crippen LogP contribution in [0.15, 0.2) is 40.8 Å². The number of benzene rings is 1. The van der Waals surface area contributed by atoms with Crippen LogP contribution in [-0.4, -0.2) is 12.5 Å². The highest BCUT2D eigenvalue weighted by atomic mass is 19.1. The van der Waals surface area contributed by atoms with E-state index in [-0.39, 0.29) is 24.3 Å². The van der Waals surface area contributed by atoms with Gasteiger partial charge < -0.3 is 9.73 Å². The molecule has 1 unspecified atom stereocenters. The van der Waals surface area contributed by atoms with E-state index in [9.17, 15) is 9.18 Å². The van der Waals surface area contributed by atoms with E-state index in [0.29, 0.717) is 5.69 Å². The molecule has 1 aromatic carbocycles. The Labute approximate surface area is 117 Å². The fourth-order valence-corrected chi connectivity index (χ4v) is 1.77. The number of hydrogen-bond donors (Lipinski definition) is 2. The third-order valence-corrected chi connectivity index (χ3v) is 2.88. The minimum Gasteiger partial charge on any atom is -0.465 e. The van der Waals surface area contributed by atoms with Gasteiger partial charge in [-0.15, -0.1) is 0 Å². The number of aryl methyl sites for hydroxylation is 1. The normalized spacial score (nSPS) is 12.2. The van der Waals surface area contributed by atoms with Crippen LogP contribution in [0, 0.1) is 12.7 Å². The lowest BCUT2D eigenvalue weighted by Crippen LogP contribution is -2.29. The molecule has 0 fully saturated rings. The lowest BCUT2D eigenvalue weighted by molar-refractivity contribution is -0.115. The second-order valence-electron chi connectivity index (χ2n) is 4.61.